The number of rotatable bonds is 8. The van der Waals surface area contributed by atoms with E-state index in [1.54, 1.807) is 67.4 Å². The Kier molecular flexibility index (Phi) is 17.3. The fourth-order valence-electron chi connectivity index (χ4n) is 4.12. The first-order valence-electron chi connectivity index (χ1n) is 16.1. The van der Waals surface area contributed by atoms with Crippen molar-refractivity contribution in [2.45, 2.75) is 32.4 Å². The van der Waals surface area contributed by atoms with E-state index in [2.05, 4.69) is 64.8 Å². The molecule has 0 fully saturated rings. The van der Waals surface area contributed by atoms with Gasteiger partial charge < -0.3 is 19.6 Å². The molecule has 0 aromatic carbocycles. The Balaban J connectivity index is 0.000000172. The number of amidine groups is 1. The summed E-state index contributed by atoms with van der Waals surface area (Å²) in [6.07, 6.45) is 9.71. The van der Waals surface area contributed by atoms with E-state index < -0.39 is 8.07 Å². The quantitative estimate of drug-likeness (QED) is 0.0871. The molecule has 2 N–H and O–H groups in total. The summed E-state index contributed by atoms with van der Waals surface area (Å²) >= 11 is 39.7. The Bertz CT molecular complexity index is 2120. The zero-order valence-corrected chi connectivity index (χ0v) is 35.7. The molecule has 0 spiro atoms. The molecule has 0 atom stereocenters. The van der Waals surface area contributed by atoms with Crippen LogP contribution in [0.4, 0.5) is 0 Å². The molecule has 1 aliphatic rings. The Morgan fingerprint density at radius 3 is 1.71 bits per heavy atom. The molecule has 0 aliphatic carbocycles. The van der Waals surface area contributed by atoms with Gasteiger partial charge in [0.1, 0.15) is 61.7 Å². The summed E-state index contributed by atoms with van der Waals surface area (Å²) in [5.74, 6) is 1.89. The van der Waals surface area contributed by atoms with Crippen LogP contribution in [0.15, 0.2) is 90.7 Å². The van der Waals surface area contributed by atoms with Crippen molar-refractivity contribution in [2.75, 3.05) is 13.2 Å². The standard InChI is InChI=1S/C14H19Cl2N3OSi.C8H5Cl2N3.C8H6ClN3O.C5H3Cl2N/c1-21(2,3)7-6-20-10-19-9-13(16)18-14(19)11-4-5-12(15)17-8-11;9-6-2-1-5(3-11-6)8-12-4-7(10)13-8;9-6-2-1-5(3-10-6)8-11-4-7(13)12-8;6-4-1-2-5(7)8-3-4/h4-5,8-9H,6-7,10H2,1-3H3;1-4H,(H,12,13);1-3H,4H2,(H,11,12,13);1-3H. The minimum absolute atomic E-state index is 0.0926. The molecule has 7 heterocycles. The largest absolute Gasteiger partial charge is 0.361 e. The number of aliphatic imine (C=N–C) groups is 1. The lowest BCUT2D eigenvalue weighted by molar-refractivity contribution is -0.117. The van der Waals surface area contributed by atoms with Crippen LogP contribution in [-0.2, 0) is 16.3 Å². The lowest BCUT2D eigenvalue weighted by Gasteiger charge is -2.16. The van der Waals surface area contributed by atoms with Gasteiger partial charge in [0.25, 0.3) is 0 Å². The third-order valence-electron chi connectivity index (χ3n) is 6.84. The molecular weight excluding hydrogens is 869 g/mol. The van der Waals surface area contributed by atoms with E-state index in [9.17, 15) is 4.79 Å². The number of aromatic nitrogens is 8. The van der Waals surface area contributed by atoms with E-state index in [1.807, 2.05) is 16.7 Å². The summed E-state index contributed by atoms with van der Waals surface area (Å²) in [4.78, 5) is 41.6. The fourth-order valence-corrected chi connectivity index (χ4v) is 5.77. The second-order valence-electron chi connectivity index (χ2n) is 12.4. The van der Waals surface area contributed by atoms with E-state index >= 15 is 0 Å². The van der Waals surface area contributed by atoms with Crippen molar-refractivity contribution in [3.63, 3.8) is 0 Å². The predicted molar refractivity (Wildman–Crippen MR) is 224 cm³/mol. The molecule has 1 aliphatic heterocycles. The van der Waals surface area contributed by atoms with Gasteiger partial charge in [0.15, 0.2) is 0 Å². The Hall–Kier alpha value is -3.63. The number of halogens is 7. The number of hydrogen-bond donors (Lipinski definition) is 2. The van der Waals surface area contributed by atoms with E-state index in [4.69, 9.17) is 85.9 Å². The zero-order valence-electron chi connectivity index (χ0n) is 29.5. The van der Waals surface area contributed by atoms with E-state index in [0.29, 0.717) is 54.3 Å². The molecule has 0 bridgehead atoms. The molecule has 6 aromatic heterocycles. The number of ether oxygens (including phenoxy) is 1. The number of H-pyrrole nitrogens is 1. The molecule has 20 heteroatoms. The highest BCUT2D eigenvalue weighted by molar-refractivity contribution is 6.76. The monoisotopic (exact) mass is 898 g/mol. The average molecular weight is 902 g/mol. The van der Waals surface area contributed by atoms with Gasteiger partial charge in [-0.1, -0.05) is 101 Å². The van der Waals surface area contributed by atoms with E-state index in [0.717, 1.165) is 35.2 Å². The number of imidazole rings is 2. The van der Waals surface area contributed by atoms with Crippen molar-refractivity contribution in [3.05, 3.63) is 127 Å². The molecular formula is C35H33Cl7N10O2Si. The number of nitrogens with zero attached hydrogens (tertiary/aromatic N) is 8. The van der Waals surface area contributed by atoms with Crippen LogP contribution < -0.4 is 5.32 Å². The molecule has 6 aromatic rings. The van der Waals surface area contributed by atoms with Crippen molar-refractivity contribution in [3.8, 4) is 22.8 Å². The molecule has 0 radical (unpaired) electrons. The first-order chi connectivity index (χ1) is 26.1. The number of hydrogen-bond acceptors (Lipinski definition) is 9. The third kappa shape index (κ3) is 15.8. The average Bonchev–Trinajstić information content (AvgIpc) is 3.89. The first kappa shape index (κ1) is 44.1. The van der Waals surface area contributed by atoms with Crippen LogP contribution in [0.25, 0.3) is 22.8 Å². The summed E-state index contributed by atoms with van der Waals surface area (Å²) in [5.41, 5.74) is 2.49. The molecule has 0 saturated heterocycles. The molecule has 0 unspecified atom stereocenters. The van der Waals surface area contributed by atoms with Crippen molar-refractivity contribution in [1.82, 2.24) is 44.8 Å². The highest BCUT2D eigenvalue weighted by Gasteiger charge is 2.15. The third-order valence-corrected chi connectivity index (χ3v) is 10.0. The number of carbonyl (C=O) groups is 1. The van der Waals surface area contributed by atoms with Crippen molar-refractivity contribution in [1.29, 1.82) is 0 Å². The summed E-state index contributed by atoms with van der Waals surface area (Å²) in [6, 6.07) is 15.0. The van der Waals surface area contributed by atoms with Crippen molar-refractivity contribution < 1.29 is 9.53 Å². The van der Waals surface area contributed by atoms with Gasteiger partial charge in [0.2, 0.25) is 5.91 Å². The van der Waals surface area contributed by atoms with Crippen LogP contribution in [0.1, 0.15) is 5.56 Å². The number of nitrogens with one attached hydrogen (secondary N) is 2. The highest BCUT2D eigenvalue weighted by atomic mass is 35.5. The lowest BCUT2D eigenvalue weighted by atomic mass is 10.3. The molecule has 55 heavy (non-hydrogen) atoms. The minimum atomic E-state index is -1.07. The Labute approximate surface area is 353 Å². The predicted octanol–water partition coefficient (Wildman–Crippen LogP) is 10.3. The van der Waals surface area contributed by atoms with Crippen LogP contribution in [-0.4, -0.2) is 72.4 Å². The molecule has 0 saturated carbocycles. The van der Waals surface area contributed by atoms with Crippen LogP contribution in [0.5, 0.6) is 0 Å². The normalized spacial score (nSPS) is 12.0. The second-order valence-corrected chi connectivity index (χ2v) is 20.8. The van der Waals surface area contributed by atoms with Gasteiger partial charge in [-0.3, -0.25) is 9.79 Å². The van der Waals surface area contributed by atoms with Gasteiger partial charge in [-0.05, 0) is 54.6 Å². The van der Waals surface area contributed by atoms with Crippen molar-refractivity contribution in [2.24, 2.45) is 4.99 Å². The highest BCUT2D eigenvalue weighted by Crippen LogP contribution is 2.22. The minimum Gasteiger partial charge on any atom is -0.361 e. The fraction of sp³-hybridized carbons (Fsp3) is 0.200. The van der Waals surface area contributed by atoms with Gasteiger partial charge in [-0.15, -0.1) is 0 Å². The first-order valence-corrected chi connectivity index (χ1v) is 22.5. The number of pyridine rings is 4. The van der Waals surface area contributed by atoms with Crippen LogP contribution >= 0.6 is 81.2 Å². The van der Waals surface area contributed by atoms with Gasteiger partial charge in [-0.25, -0.2) is 29.9 Å². The molecule has 7 rings (SSSR count). The lowest BCUT2D eigenvalue weighted by Crippen LogP contribution is -2.25. The van der Waals surface area contributed by atoms with Crippen LogP contribution in [0, 0.1) is 0 Å². The molecule has 288 valence electrons. The SMILES string of the molecule is C[Si](C)(C)CCOCn1cc(Cl)nc1-c1ccc(Cl)nc1.Clc1ccc(-c2ncc(Cl)[nH]2)cn1.Clc1ccc(Cl)nc1.O=C1CN=C(c2ccc(Cl)nc2)N1. The maximum Gasteiger partial charge on any atom is 0.247 e. The number of amides is 1. The molecule has 12 nitrogen and oxygen atoms in total. The summed E-state index contributed by atoms with van der Waals surface area (Å²) < 4.78 is 7.63. The number of aromatic amines is 1. The summed E-state index contributed by atoms with van der Waals surface area (Å²) in [5, 5.41) is 5.97. The Morgan fingerprint density at radius 2 is 1.25 bits per heavy atom. The van der Waals surface area contributed by atoms with Crippen LogP contribution in [0.3, 0.4) is 0 Å². The van der Waals surface area contributed by atoms with Crippen molar-refractivity contribution >= 4 is 101 Å². The van der Waals surface area contributed by atoms with E-state index in [-0.39, 0.29) is 12.5 Å². The van der Waals surface area contributed by atoms with Gasteiger partial charge in [0.05, 0.1) is 11.2 Å². The Morgan fingerprint density at radius 1 is 0.691 bits per heavy atom. The summed E-state index contributed by atoms with van der Waals surface area (Å²) in [7, 11) is -1.07. The second kappa shape index (κ2) is 21.6. The van der Waals surface area contributed by atoms with Gasteiger partial charge >= 0.3 is 0 Å². The zero-order chi connectivity index (χ0) is 40.0. The smallest absolute Gasteiger partial charge is 0.247 e. The number of carbonyl (C=O) groups excluding carboxylic acids is 1. The maximum atomic E-state index is 10.8. The maximum absolute atomic E-state index is 10.8. The van der Waals surface area contributed by atoms with Gasteiger partial charge in [-0.2, -0.15) is 0 Å². The van der Waals surface area contributed by atoms with Gasteiger partial charge in [0, 0.05) is 62.4 Å². The molecule has 1 amide bonds. The summed E-state index contributed by atoms with van der Waals surface area (Å²) in [6.45, 7) is 8.36. The topological polar surface area (TPSA) is 149 Å². The van der Waals surface area contributed by atoms with E-state index in [1.165, 1.54) is 6.20 Å². The van der Waals surface area contributed by atoms with Crippen LogP contribution in [0.2, 0.25) is 61.6 Å².